The van der Waals surface area contributed by atoms with Crippen molar-refractivity contribution < 1.29 is 13.6 Å². The zero-order valence-corrected chi connectivity index (χ0v) is 15.0. The van der Waals surface area contributed by atoms with E-state index in [4.69, 9.17) is 11.6 Å². The van der Waals surface area contributed by atoms with E-state index < -0.39 is 28.5 Å². The van der Waals surface area contributed by atoms with Gasteiger partial charge in [-0.1, -0.05) is 29.4 Å². The van der Waals surface area contributed by atoms with Crippen LogP contribution in [-0.2, 0) is 4.79 Å². The average molecular weight is 395 g/mol. The molecule has 0 bridgehead atoms. The first kappa shape index (κ1) is 18.3. The normalized spacial score (nSPS) is 12.0. The Morgan fingerprint density at radius 1 is 1.19 bits per heavy atom. The molecule has 134 valence electrons. The third kappa shape index (κ3) is 4.20. The number of para-hydroxylation sites is 1. The van der Waals surface area contributed by atoms with Crippen LogP contribution in [0.1, 0.15) is 6.92 Å². The van der Waals surface area contributed by atoms with Gasteiger partial charge in [-0.15, -0.1) is 5.10 Å². The number of H-pyrrole nitrogens is 1. The van der Waals surface area contributed by atoms with E-state index in [2.05, 4.69) is 20.5 Å². The summed E-state index contributed by atoms with van der Waals surface area (Å²) in [4.78, 5) is 16.5. The second kappa shape index (κ2) is 7.84. The highest BCUT2D eigenvalue weighted by molar-refractivity contribution is 8.00. The molecule has 2 aromatic carbocycles. The minimum atomic E-state index is -0.835. The van der Waals surface area contributed by atoms with E-state index >= 15 is 0 Å². The number of carbonyl (C=O) groups is 1. The van der Waals surface area contributed by atoms with Crippen LogP contribution in [0.4, 0.5) is 14.5 Å². The molecule has 1 unspecified atom stereocenters. The van der Waals surface area contributed by atoms with Crippen molar-refractivity contribution in [1.29, 1.82) is 0 Å². The van der Waals surface area contributed by atoms with Gasteiger partial charge in [0, 0.05) is 10.6 Å². The Kier molecular flexibility index (Phi) is 5.53. The van der Waals surface area contributed by atoms with E-state index in [1.165, 1.54) is 6.07 Å². The van der Waals surface area contributed by atoms with Gasteiger partial charge >= 0.3 is 0 Å². The number of thioether (sulfide) groups is 1. The summed E-state index contributed by atoms with van der Waals surface area (Å²) in [6, 6.07) is 10.4. The molecule has 3 aromatic rings. The third-order valence-electron chi connectivity index (χ3n) is 3.44. The van der Waals surface area contributed by atoms with Crippen molar-refractivity contribution in [1.82, 2.24) is 15.2 Å². The lowest BCUT2D eigenvalue weighted by molar-refractivity contribution is -0.115. The summed E-state index contributed by atoms with van der Waals surface area (Å²) in [7, 11) is 0. The summed E-state index contributed by atoms with van der Waals surface area (Å²) in [5, 5.41) is 9.36. The number of hydrogen-bond donors (Lipinski definition) is 2. The van der Waals surface area contributed by atoms with E-state index in [0.29, 0.717) is 16.0 Å². The summed E-state index contributed by atoms with van der Waals surface area (Å²) in [6.07, 6.45) is 0. The van der Waals surface area contributed by atoms with Crippen LogP contribution in [0, 0.1) is 11.6 Å². The molecule has 1 amide bonds. The summed E-state index contributed by atoms with van der Waals surface area (Å²) in [5.41, 5.74) is 0.320. The number of aromatic nitrogens is 3. The predicted molar refractivity (Wildman–Crippen MR) is 97.1 cm³/mol. The Balaban J connectivity index is 1.67. The maximum atomic E-state index is 13.6. The molecule has 0 aliphatic carbocycles. The highest BCUT2D eigenvalue weighted by Crippen LogP contribution is 2.25. The van der Waals surface area contributed by atoms with Gasteiger partial charge in [0.25, 0.3) is 0 Å². The SMILES string of the molecule is CC(Sc1n[nH]c(-c2ccc(Cl)cc2)n1)C(=O)Nc1c(F)cccc1F. The van der Waals surface area contributed by atoms with Crippen molar-refractivity contribution >= 4 is 35.0 Å². The van der Waals surface area contributed by atoms with E-state index in [-0.39, 0.29) is 0 Å². The molecule has 0 fully saturated rings. The lowest BCUT2D eigenvalue weighted by Crippen LogP contribution is -2.23. The minimum absolute atomic E-state index is 0.339. The molecule has 0 saturated heterocycles. The number of benzene rings is 2. The molecule has 0 spiro atoms. The smallest absolute Gasteiger partial charge is 0.237 e. The number of hydrogen-bond acceptors (Lipinski definition) is 4. The van der Waals surface area contributed by atoms with Crippen LogP contribution < -0.4 is 5.32 Å². The second-order valence-electron chi connectivity index (χ2n) is 5.32. The standard InChI is InChI=1S/C17H13ClF2N4OS/c1-9(16(25)21-14-12(19)3-2-4-13(14)20)26-17-22-15(23-24-17)10-5-7-11(18)8-6-10/h2-9H,1H3,(H,21,25)(H,22,23,24). The molecule has 0 aliphatic rings. The molecule has 1 aromatic heterocycles. The number of carbonyl (C=O) groups excluding carboxylic acids is 1. The van der Waals surface area contributed by atoms with Gasteiger partial charge in [0.2, 0.25) is 11.1 Å². The van der Waals surface area contributed by atoms with Crippen LogP contribution in [0.3, 0.4) is 0 Å². The second-order valence-corrected chi connectivity index (χ2v) is 7.06. The summed E-state index contributed by atoms with van der Waals surface area (Å²) in [5.74, 6) is -1.70. The van der Waals surface area contributed by atoms with Crippen molar-refractivity contribution in [3.8, 4) is 11.4 Å². The molecular formula is C17H13ClF2N4OS. The van der Waals surface area contributed by atoms with E-state index in [0.717, 1.165) is 29.5 Å². The zero-order chi connectivity index (χ0) is 18.7. The van der Waals surface area contributed by atoms with Crippen LogP contribution in [0.15, 0.2) is 47.6 Å². The maximum Gasteiger partial charge on any atom is 0.237 e. The molecule has 0 aliphatic heterocycles. The van der Waals surface area contributed by atoms with Crippen molar-refractivity contribution in [3.05, 3.63) is 59.1 Å². The van der Waals surface area contributed by atoms with E-state index in [1.54, 1.807) is 31.2 Å². The van der Waals surface area contributed by atoms with E-state index in [1.807, 2.05) is 0 Å². The highest BCUT2D eigenvalue weighted by atomic mass is 35.5. The van der Waals surface area contributed by atoms with Gasteiger partial charge in [-0.05, 0) is 43.3 Å². The molecule has 1 heterocycles. The largest absolute Gasteiger partial charge is 0.320 e. The molecule has 26 heavy (non-hydrogen) atoms. The van der Waals surface area contributed by atoms with Crippen LogP contribution in [0.5, 0.6) is 0 Å². The quantitative estimate of drug-likeness (QED) is 0.624. The van der Waals surface area contributed by atoms with Crippen LogP contribution in [0.25, 0.3) is 11.4 Å². The van der Waals surface area contributed by atoms with E-state index in [9.17, 15) is 13.6 Å². The summed E-state index contributed by atoms with van der Waals surface area (Å²) < 4.78 is 27.2. The van der Waals surface area contributed by atoms with Crippen molar-refractivity contribution in [2.75, 3.05) is 5.32 Å². The van der Waals surface area contributed by atoms with Gasteiger partial charge in [-0.25, -0.2) is 13.8 Å². The predicted octanol–water partition coefficient (Wildman–Crippen LogP) is 4.52. The fraction of sp³-hybridized carbons (Fsp3) is 0.118. The topological polar surface area (TPSA) is 70.7 Å². The lowest BCUT2D eigenvalue weighted by atomic mass is 10.2. The highest BCUT2D eigenvalue weighted by Gasteiger charge is 2.20. The van der Waals surface area contributed by atoms with Crippen molar-refractivity contribution in [3.63, 3.8) is 0 Å². The Morgan fingerprint density at radius 3 is 2.50 bits per heavy atom. The molecule has 9 heteroatoms. The number of rotatable bonds is 5. The fourth-order valence-electron chi connectivity index (χ4n) is 2.09. The Bertz CT molecular complexity index is 913. The lowest BCUT2D eigenvalue weighted by Gasteiger charge is -2.11. The monoisotopic (exact) mass is 394 g/mol. The maximum absolute atomic E-state index is 13.6. The van der Waals surface area contributed by atoms with Crippen molar-refractivity contribution in [2.24, 2.45) is 0 Å². The van der Waals surface area contributed by atoms with Gasteiger partial charge in [-0.2, -0.15) is 0 Å². The number of nitrogens with one attached hydrogen (secondary N) is 2. The Labute approximate surface area is 157 Å². The minimum Gasteiger partial charge on any atom is -0.320 e. The first-order chi connectivity index (χ1) is 12.4. The van der Waals surface area contributed by atoms with Gasteiger partial charge < -0.3 is 5.32 Å². The third-order valence-corrected chi connectivity index (χ3v) is 4.66. The zero-order valence-electron chi connectivity index (χ0n) is 13.5. The molecule has 5 nitrogen and oxygen atoms in total. The summed E-state index contributed by atoms with van der Waals surface area (Å²) >= 11 is 6.91. The molecule has 0 saturated carbocycles. The van der Waals surface area contributed by atoms with Crippen LogP contribution in [0.2, 0.25) is 5.02 Å². The summed E-state index contributed by atoms with van der Waals surface area (Å²) in [6.45, 7) is 1.59. The van der Waals surface area contributed by atoms with Crippen LogP contribution >= 0.6 is 23.4 Å². The van der Waals surface area contributed by atoms with Gasteiger partial charge in [-0.3, -0.25) is 9.89 Å². The van der Waals surface area contributed by atoms with Crippen LogP contribution in [-0.4, -0.2) is 26.3 Å². The number of aromatic amines is 1. The molecule has 3 rings (SSSR count). The van der Waals surface area contributed by atoms with Gasteiger partial charge in [0.15, 0.2) is 5.82 Å². The first-order valence-corrected chi connectivity index (χ1v) is 8.79. The number of amides is 1. The number of halogens is 3. The first-order valence-electron chi connectivity index (χ1n) is 7.54. The molecule has 2 N–H and O–H groups in total. The molecule has 1 atom stereocenters. The average Bonchev–Trinajstić information content (AvgIpc) is 3.07. The molecule has 0 radical (unpaired) electrons. The Hall–Kier alpha value is -2.45. The van der Waals surface area contributed by atoms with Gasteiger partial charge in [0.05, 0.1) is 5.25 Å². The Morgan fingerprint density at radius 2 is 1.85 bits per heavy atom. The fourth-order valence-corrected chi connectivity index (χ4v) is 2.94. The van der Waals surface area contributed by atoms with Gasteiger partial charge in [0.1, 0.15) is 17.3 Å². The van der Waals surface area contributed by atoms with Crippen molar-refractivity contribution in [2.45, 2.75) is 17.3 Å². The molecular weight excluding hydrogens is 382 g/mol. The number of nitrogens with zero attached hydrogens (tertiary/aromatic N) is 2. The number of anilines is 1.